The predicted molar refractivity (Wildman–Crippen MR) is 74.3 cm³/mol. The van der Waals surface area contributed by atoms with E-state index in [1.54, 1.807) is 0 Å². The molecular weight excluding hydrogens is 228 g/mol. The molecule has 0 aliphatic rings. The van der Waals surface area contributed by atoms with Crippen LogP contribution in [0.3, 0.4) is 0 Å². The highest BCUT2D eigenvalue weighted by molar-refractivity contribution is 7.99. The number of hydrogen-bond donors (Lipinski definition) is 0. The fourth-order valence-corrected chi connectivity index (χ4v) is 2.57. The summed E-state index contributed by atoms with van der Waals surface area (Å²) in [5, 5.41) is 10.0. The van der Waals surface area contributed by atoms with Gasteiger partial charge in [0.25, 0.3) is 0 Å². The number of thioether (sulfide) groups is 1. The second kappa shape index (κ2) is 5.79. The van der Waals surface area contributed by atoms with Gasteiger partial charge in [-0.05, 0) is 42.2 Å². The molecule has 0 aliphatic heterocycles. The molecule has 17 heavy (non-hydrogen) atoms. The van der Waals surface area contributed by atoms with Crippen LogP contribution in [0, 0.1) is 11.3 Å². The molecular formula is C14H16N2S. The molecule has 0 saturated heterocycles. The van der Waals surface area contributed by atoms with Gasteiger partial charge in [0.2, 0.25) is 0 Å². The summed E-state index contributed by atoms with van der Waals surface area (Å²) in [6, 6.07) is 10.1. The summed E-state index contributed by atoms with van der Waals surface area (Å²) in [6.07, 6.45) is 3.31. The van der Waals surface area contributed by atoms with Gasteiger partial charge in [-0.2, -0.15) is 17.0 Å². The first-order chi connectivity index (χ1) is 8.35. The van der Waals surface area contributed by atoms with E-state index < -0.39 is 0 Å². The van der Waals surface area contributed by atoms with Crippen molar-refractivity contribution in [3.63, 3.8) is 0 Å². The predicted octanol–water partition coefficient (Wildman–Crippen LogP) is 3.66. The number of nitriles is 1. The second-order valence-electron chi connectivity index (χ2n) is 3.95. The molecule has 2 rings (SSSR count). The Balaban J connectivity index is 2.11. The summed E-state index contributed by atoms with van der Waals surface area (Å²) in [5.74, 6) is 2.41. The smallest absolute Gasteiger partial charge is 0.0991 e. The minimum absolute atomic E-state index is 0.733. The molecule has 3 heteroatoms. The third-order valence-corrected chi connectivity index (χ3v) is 3.78. The Bertz CT molecular complexity index is 537. The Kier molecular flexibility index (Phi) is 4.11. The molecule has 1 aromatic heterocycles. The molecule has 2 aromatic rings. The number of aryl methyl sites for hydroxylation is 1. The Hall–Kier alpha value is -1.40. The van der Waals surface area contributed by atoms with Crippen molar-refractivity contribution in [3.8, 4) is 6.07 Å². The number of fused-ring (bicyclic) bond motifs is 1. The third-order valence-electron chi connectivity index (χ3n) is 2.79. The summed E-state index contributed by atoms with van der Waals surface area (Å²) in [7, 11) is 0. The number of hydrogen-bond acceptors (Lipinski definition) is 2. The van der Waals surface area contributed by atoms with Crippen LogP contribution in [0.1, 0.15) is 18.9 Å². The topological polar surface area (TPSA) is 28.7 Å². The molecule has 2 nitrogen and oxygen atoms in total. The quantitative estimate of drug-likeness (QED) is 0.751. The van der Waals surface area contributed by atoms with Gasteiger partial charge in [-0.25, -0.2) is 0 Å². The van der Waals surface area contributed by atoms with Crippen molar-refractivity contribution in [2.45, 2.75) is 19.9 Å². The van der Waals surface area contributed by atoms with Gasteiger partial charge < -0.3 is 4.57 Å². The van der Waals surface area contributed by atoms with E-state index in [1.165, 1.54) is 23.4 Å². The van der Waals surface area contributed by atoms with E-state index >= 15 is 0 Å². The summed E-state index contributed by atoms with van der Waals surface area (Å²) < 4.78 is 2.27. The van der Waals surface area contributed by atoms with Gasteiger partial charge in [0, 0.05) is 23.6 Å². The first kappa shape index (κ1) is 12.1. The molecule has 0 aliphatic carbocycles. The zero-order valence-electron chi connectivity index (χ0n) is 10.0. The van der Waals surface area contributed by atoms with Gasteiger partial charge in [0.15, 0.2) is 0 Å². The highest BCUT2D eigenvalue weighted by Crippen LogP contribution is 2.18. The normalized spacial score (nSPS) is 10.6. The average molecular weight is 244 g/mol. The van der Waals surface area contributed by atoms with Crippen LogP contribution >= 0.6 is 11.8 Å². The van der Waals surface area contributed by atoms with Crippen LogP contribution < -0.4 is 0 Å². The minimum atomic E-state index is 0.733. The van der Waals surface area contributed by atoms with Crippen molar-refractivity contribution in [1.29, 1.82) is 5.26 Å². The van der Waals surface area contributed by atoms with Crippen LogP contribution in [-0.2, 0) is 6.54 Å². The zero-order valence-corrected chi connectivity index (χ0v) is 10.8. The van der Waals surface area contributed by atoms with Crippen molar-refractivity contribution in [2.24, 2.45) is 0 Å². The van der Waals surface area contributed by atoms with Gasteiger partial charge >= 0.3 is 0 Å². The summed E-state index contributed by atoms with van der Waals surface area (Å²) in [4.78, 5) is 0. The maximum Gasteiger partial charge on any atom is 0.0991 e. The highest BCUT2D eigenvalue weighted by atomic mass is 32.2. The van der Waals surface area contributed by atoms with Gasteiger partial charge in [-0.3, -0.25) is 0 Å². The van der Waals surface area contributed by atoms with E-state index in [-0.39, 0.29) is 0 Å². The van der Waals surface area contributed by atoms with Crippen molar-refractivity contribution < 1.29 is 0 Å². The summed E-state index contributed by atoms with van der Waals surface area (Å²) >= 11 is 1.99. The molecule has 88 valence electrons. The molecule has 0 spiro atoms. The highest BCUT2D eigenvalue weighted by Gasteiger charge is 2.01. The Labute approximate surface area is 106 Å². The van der Waals surface area contributed by atoms with Crippen LogP contribution in [0.25, 0.3) is 10.9 Å². The van der Waals surface area contributed by atoms with Crippen LogP contribution in [0.2, 0.25) is 0 Å². The molecule has 0 bridgehead atoms. The number of rotatable bonds is 5. The van der Waals surface area contributed by atoms with Gasteiger partial charge in [-0.15, -0.1) is 0 Å². The molecule has 0 radical (unpaired) electrons. The van der Waals surface area contributed by atoms with E-state index in [9.17, 15) is 0 Å². The fraction of sp³-hybridized carbons (Fsp3) is 0.357. The molecule has 0 amide bonds. The molecule has 0 atom stereocenters. The monoisotopic (exact) mass is 244 g/mol. The van der Waals surface area contributed by atoms with E-state index in [0.717, 1.165) is 17.5 Å². The summed E-state index contributed by atoms with van der Waals surface area (Å²) in [5.41, 5.74) is 1.96. The van der Waals surface area contributed by atoms with Crippen molar-refractivity contribution in [1.82, 2.24) is 4.57 Å². The SMILES string of the molecule is CCSCCCn1ccc2cc(C#N)ccc21. The third kappa shape index (κ3) is 2.83. The lowest BCUT2D eigenvalue weighted by molar-refractivity contribution is 0.709. The lowest BCUT2D eigenvalue weighted by Gasteiger charge is -2.04. The zero-order chi connectivity index (χ0) is 12.1. The van der Waals surface area contributed by atoms with Crippen LogP contribution in [0.15, 0.2) is 30.5 Å². The lowest BCUT2D eigenvalue weighted by Crippen LogP contribution is -1.97. The molecule has 0 N–H and O–H groups in total. The number of aromatic nitrogens is 1. The van der Waals surface area contributed by atoms with E-state index in [1.807, 2.05) is 30.0 Å². The Morgan fingerprint density at radius 2 is 2.24 bits per heavy atom. The number of nitrogens with zero attached hydrogens (tertiary/aromatic N) is 2. The molecule has 0 unspecified atom stereocenters. The fourth-order valence-electron chi connectivity index (χ4n) is 1.95. The first-order valence-electron chi connectivity index (χ1n) is 5.92. The second-order valence-corrected chi connectivity index (χ2v) is 5.34. The van der Waals surface area contributed by atoms with Gasteiger partial charge in [0.05, 0.1) is 11.6 Å². The number of benzene rings is 1. The maximum atomic E-state index is 8.84. The van der Waals surface area contributed by atoms with Gasteiger partial charge in [-0.1, -0.05) is 6.92 Å². The standard InChI is InChI=1S/C14H16N2S/c1-2-17-9-3-7-16-8-6-13-10-12(11-15)4-5-14(13)16/h4-6,8,10H,2-3,7,9H2,1H3. The molecule has 1 aromatic carbocycles. The van der Waals surface area contributed by atoms with E-state index in [4.69, 9.17) is 5.26 Å². The Morgan fingerprint density at radius 3 is 3.00 bits per heavy atom. The van der Waals surface area contributed by atoms with Crippen molar-refractivity contribution in [2.75, 3.05) is 11.5 Å². The molecule has 0 fully saturated rings. The minimum Gasteiger partial charge on any atom is -0.347 e. The van der Waals surface area contributed by atoms with Crippen molar-refractivity contribution in [3.05, 3.63) is 36.0 Å². The van der Waals surface area contributed by atoms with Gasteiger partial charge in [0.1, 0.15) is 0 Å². The first-order valence-corrected chi connectivity index (χ1v) is 7.07. The Morgan fingerprint density at radius 1 is 1.35 bits per heavy atom. The average Bonchev–Trinajstić information content (AvgIpc) is 2.77. The lowest BCUT2D eigenvalue weighted by atomic mass is 10.2. The summed E-state index contributed by atoms with van der Waals surface area (Å²) in [6.45, 7) is 3.25. The molecule has 1 heterocycles. The largest absolute Gasteiger partial charge is 0.347 e. The van der Waals surface area contributed by atoms with Crippen molar-refractivity contribution >= 4 is 22.7 Å². The van der Waals surface area contributed by atoms with Crippen LogP contribution in [-0.4, -0.2) is 16.1 Å². The van der Waals surface area contributed by atoms with E-state index in [2.05, 4.69) is 29.8 Å². The maximum absolute atomic E-state index is 8.84. The van der Waals surface area contributed by atoms with Crippen LogP contribution in [0.5, 0.6) is 0 Å². The molecule has 0 saturated carbocycles. The van der Waals surface area contributed by atoms with Crippen LogP contribution in [0.4, 0.5) is 0 Å². The van der Waals surface area contributed by atoms with E-state index in [0.29, 0.717) is 0 Å².